The van der Waals surface area contributed by atoms with E-state index in [9.17, 15) is 14.7 Å². The fourth-order valence-electron chi connectivity index (χ4n) is 3.92. The van der Waals surface area contributed by atoms with E-state index in [2.05, 4.69) is 5.32 Å². The average Bonchev–Trinajstić information content (AvgIpc) is 3.09. The molecule has 3 heterocycles. The minimum atomic E-state index is -1.08. The minimum absolute atomic E-state index is 0.0734. The summed E-state index contributed by atoms with van der Waals surface area (Å²) >= 11 is 0. The first-order valence-electron chi connectivity index (χ1n) is 9.47. The number of hydrogen-bond donors (Lipinski definition) is 2. The third-order valence-corrected chi connectivity index (χ3v) is 5.16. The fraction of sp³-hybridized carbons (Fsp3) is 0.600. The smallest absolute Gasteiger partial charge is 0.335 e. The van der Waals surface area contributed by atoms with Crippen LogP contribution in [0.5, 0.6) is 0 Å². The molecule has 0 unspecified atom stereocenters. The highest BCUT2D eigenvalue weighted by atomic mass is 16.9. The Balaban J connectivity index is 1.60. The molecule has 9 nitrogen and oxygen atoms in total. The van der Waals surface area contributed by atoms with Crippen molar-refractivity contribution in [2.75, 3.05) is 5.32 Å². The van der Waals surface area contributed by atoms with E-state index in [4.69, 9.17) is 23.7 Å². The Kier molecular flexibility index (Phi) is 4.71. The van der Waals surface area contributed by atoms with E-state index in [1.807, 2.05) is 0 Å². The minimum Gasteiger partial charge on any atom is -0.478 e. The summed E-state index contributed by atoms with van der Waals surface area (Å²) in [6, 6.07) is 4.52. The summed E-state index contributed by atoms with van der Waals surface area (Å²) < 4.78 is 29.6. The molecule has 3 aliphatic rings. The van der Waals surface area contributed by atoms with Gasteiger partial charge in [-0.05, 0) is 52.3 Å². The molecule has 0 aromatic heterocycles. The molecule has 1 aromatic carbocycles. The van der Waals surface area contributed by atoms with Gasteiger partial charge in [0.25, 0.3) is 5.91 Å². The zero-order chi connectivity index (χ0) is 21.1. The highest BCUT2D eigenvalue weighted by Crippen LogP contribution is 2.44. The van der Waals surface area contributed by atoms with E-state index in [-0.39, 0.29) is 5.56 Å². The summed E-state index contributed by atoms with van der Waals surface area (Å²) in [5, 5.41) is 12.0. The molecule has 0 saturated carbocycles. The molecule has 3 aliphatic heterocycles. The maximum absolute atomic E-state index is 13.1. The molecule has 5 atom stereocenters. The first-order valence-corrected chi connectivity index (χ1v) is 9.47. The summed E-state index contributed by atoms with van der Waals surface area (Å²) in [7, 11) is 0. The molecule has 0 bridgehead atoms. The number of carboxylic acids is 1. The number of carboxylic acid groups (broad SMARTS) is 1. The number of rotatable bonds is 3. The molecule has 0 spiro atoms. The van der Waals surface area contributed by atoms with Gasteiger partial charge in [-0.25, -0.2) is 4.79 Å². The monoisotopic (exact) mass is 407 g/mol. The maximum Gasteiger partial charge on any atom is 0.335 e. The third kappa shape index (κ3) is 3.76. The van der Waals surface area contributed by atoms with Crippen LogP contribution in [0.3, 0.4) is 0 Å². The number of carbonyl (C=O) groups is 2. The van der Waals surface area contributed by atoms with Crippen LogP contribution in [0.25, 0.3) is 0 Å². The van der Waals surface area contributed by atoms with Crippen molar-refractivity contribution >= 4 is 17.6 Å². The van der Waals surface area contributed by atoms with Gasteiger partial charge in [0.15, 0.2) is 24.0 Å². The van der Waals surface area contributed by atoms with Crippen LogP contribution in [0, 0.1) is 6.92 Å². The molecule has 0 aliphatic carbocycles. The van der Waals surface area contributed by atoms with E-state index in [1.165, 1.54) is 12.1 Å². The van der Waals surface area contributed by atoms with Crippen molar-refractivity contribution in [2.24, 2.45) is 0 Å². The van der Waals surface area contributed by atoms with Gasteiger partial charge < -0.3 is 34.1 Å². The summed E-state index contributed by atoms with van der Waals surface area (Å²) in [6.45, 7) is 8.82. The second-order valence-corrected chi connectivity index (χ2v) is 8.41. The maximum atomic E-state index is 13.1. The van der Waals surface area contributed by atoms with Gasteiger partial charge in [0.05, 0.1) is 5.56 Å². The zero-order valence-corrected chi connectivity index (χ0v) is 16.9. The van der Waals surface area contributed by atoms with Crippen LogP contribution in [0.1, 0.15) is 43.6 Å². The standard InChI is InChI=1S/C20H25NO8/c1-9-6-7-10(17(23)24)8-11(9)21-16(22)14-12-13(27-19(2,3)26-12)15-18(25-14)29-20(4,5)28-15/h6-8,12-15,18H,1-5H3,(H,21,22)(H,23,24)/t12-,13-,14+,15-,18+/m0/s1. The number of hydrogen-bond acceptors (Lipinski definition) is 7. The first-order chi connectivity index (χ1) is 13.5. The zero-order valence-electron chi connectivity index (χ0n) is 16.9. The van der Waals surface area contributed by atoms with Gasteiger partial charge in [-0.1, -0.05) is 6.07 Å². The van der Waals surface area contributed by atoms with E-state index in [0.717, 1.165) is 5.56 Å². The van der Waals surface area contributed by atoms with Crippen molar-refractivity contribution in [3.63, 3.8) is 0 Å². The first kappa shape index (κ1) is 20.2. The van der Waals surface area contributed by atoms with Gasteiger partial charge in [0.1, 0.15) is 18.3 Å². The lowest BCUT2D eigenvalue weighted by Gasteiger charge is -2.36. The average molecular weight is 407 g/mol. The SMILES string of the molecule is Cc1ccc(C(=O)O)cc1NC(=O)[C@@H]1O[C@@H]2OC(C)(C)O[C@H]2[C@H]2OC(C)(C)O[C@@H]21. The summed E-state index contributed by atoms with van der Waals surface area (Å²) in [6.07, 6.45) is -3.59. The molecule has 3 saturated heterocycles. The van der Waals surface area contributed by atoms with Crippen molar-refractivity contribution in [2.45, 2.75) is 76.9 Å². The quantitative estimate of drug-likeness (QED) is 0.783. The lowest BCUT2D eigenvalue weighted by molar-refractivity contribution is -0.229. The van der Waals surface area contributed by atoms with Crippen LogP contribution < -0.4 is 5.32 Å². The van der Waals surface area contributed by atoms with Crippen LogP contribution in [0.15, 0.2) is 18.2 Å². The number of fused-ring (bicyclic) bond motifs is 3. The topological polar surface area (TPSA) is 113 Å². The van der Waals surface area contributed by atoms with Gasteiger partial charge in [-0.3, -0.25) is 4.79 Å². The predicted octanol–water partition coefficient (Wildman–Crippen LogP) is 2.03. The van der Waals surface area contributed by atoms with Gasteiger partial charge in [-0.15, -0.1) is 0 Å². The molecular weight excluding hydrogens is 382 g/mol. The Bertz CT molecular complexity index is 851. The van der Waals surface area contributed by atoms with Crippen LogP contribution >= 0.6 is 0 Å². The number of nitrogens with one attached hydrogen (secondary N) is 1. The Morgan fingerprint density at radius 3 is 2.28 bits per heavy atom. The van der Waals surface area contributed by atoms with Gasteiger partial charge >= 0.3 is 5.97 Å². The number of benzene rings is 1. The number of aromatic carboxylic acids is 1. The summed E-state index contributed by atoms with van der Waals surface area (Å²) in [5.41, 5.74) is 1.18. The number of anilines is 1. The van der Waals surface area contributed by atoms with Crippen molar-refractivity contribution in [3.05, 3.63) is 29.3 Å². The summed E-state index contributed by atoms with van der Waals surface area (Å²) in [4.78, 5) is 24.3. The highest BCUT2D eigenvalue weighted by molar-refractivity contribution is 5.97. The highest BCUT2D eigenvalue weighted by Gasteiger charge is 2.62. The Morgan fingerprint density at radius 2 is 1.59 bits per heavy atom. The normalized spacial score (nSPS) is 34.3. The molecule has 4 rings (SSSR count). The molecule has 3 fully saturated rings. The molecule has 1 aromatic rings. The van der Waals surface area contributed by atoms with Crippen LogP contribution in [0.2, 0.25) is 0 Å². The fourth-order valence-corrected chi connectivity index (χ4v) is 3.92. The Labute approximate surface area is 168 Å². The molecule has 0 radical (unpaired) electrons. The number of ether oxygens (including phenoxy) is 5. The van der Waals surface area contributed by atoms with Crippen molar-refractivity contribution in [1.82, 2.24) is 0 Å². The van der Waals surface area contributed by atoms with Gasteiger partial charge in [-0.2, -0.15) is 0 Å². The van der Waals surface area contributed by atoms with E-state index in [1.54, 1.807) is 40.7 Å². The molecule has 9 heteroatoms. The summed E-state index contributed by atoms with van der Waals surface area (Å²) in [5.74, 6) is -3.35. The number of aryl methyl sites for hydroxylation is 1. The number of carbonyl (C=O) groups excluding carboxylic acids is 1. The largest absolute Gasteiger partial charge is 0.478 e. The van der Waals surface area contributed by atoms with Crippen LogP contribution in [-0.4, -0.2) is 59.3 Å². The molecular formula is C20H25NO8. The van der Waals surface area contributed by atoms with Gasteiger partial charge in [0, 0.05) is 5.69 Å². The Hall–Kier alpha value is -2.04. The van der Waals surface area contributed by atoms with E-state index >= 15 is 0 Å². The van der Waals surface area contributed by atoms with Crippen molar-refractivity contribution in [3.8, 4) is 0 Å². The molecule has 29 heavy (non-hydrogen) atoms. The van der Waals surface area contributed by atoms with Gasteiger partial charge in [0.2, 0.25) is 0 Å². The Morgan fingerprint density at radius 1 is 0.966 bits per heavy atom. The van der Waals surface area contributed by atoms with E-state index < -0.39 is 54.2 Å². The molecule has 158 valence electrons. The lowest BCUT2D eigenvalue weighted by Crippen LogP contribution is -2.58. The lowest BCUT2D eigenvalue weighted by atomic mass is 9.98. The molecule has 2 N–H and O–H groups in total. The second-order valence-electron chi connectivity index (χ2n) is 8.41. The van der Waals surface area contributed by atoms with Crippen LogP contribution in [-0.2, 0) is 28.5 Å². The number of amides is 1. The van der Waals surface area contributed by atoms with Crippen LogP contribution in [0.4, 0.5) is 5.69 Å². The third-order valence-electron chi connectivity index (χ3n) is 5.16. The molecule has 1 amide bonds. The predicted molar refractivity (Wildman–Crippen MR) is 99.3 cm³/mol. The van der Waals surface area contributed by atoms with Crippen molar-refractivity contribution in [1.29, 1.82) is 0 Å². The van der Waals surface area contributed by atoms with Crippen molar-refractivity contribution < 1.29 is 38.4 Å². The van der Waals surface area contributed by atoms with E-state index in [0.29, 0.717) is 5.69 Å². The second kappa shape index (κ2) is 6.75.